The average molecular weight is 185 g/mol. The molecule has 1 nitrogen and oxygen atoms in total. The van der Waals surface area contributed by atoms with Crippen LogP contribution in [0.25, 0.3) is 0 Å². The van der Waals surface area contributed by atoms with Crippen molar-refractivity contribution >= 4 is 23.2 Å². The molecule has 0 heterocycles. The molecule has 0 saturated carbocycles. The van der Waals surface area contributed by atoms with Gasteiger partial charge < -0.3 is 0 Å². The standard InChI is InChI=1S/C8H4Cl2N/c9-8(10)7-3-1-2-6(4-7)5-11/h1-4H/q-1. The summed E-state index contributed by atoms with van der Waals surface area (Å²) in [4.78, 5) is 0.183. The van der Waals surface area contributed by atoms with Crippen LogP contribution in [0.1, 0.15) is 11.1 Å². The first-order chi connectivity index (χ1) is 5.24. The first-order valence-corrected chi connectivity index (χ1v) is 3.68. The van der Waals surface area contributed by atoms with Gasteiger partial charge in [-0.25, -0.2) is 0 Å². The van der Waals surface area contributed by atoms with Crippen molar-refractivity contribution in [3.8, 4) is 6.07 Å². The number of benzene rings is 1. The summed E-state index contributed by atoms with van der Waals surface area (Å²) in [5, 5.41) is 8.50. The van der Waals surface area contributed by atoms with Crippen LogP contribution in [0.4, 0.5) is 0 Å². The maximum absolute atomic E-state index is 8.50. The smallest absolute Gasteiger partial charge is 0.0856 e. The van der Waals surface area contributed by atoms with Crippen LogP contribution in [0, 0.1) is 16.2 Å². The molecular weight excluding hydrogens is 181 g/mol. The number of halogens is 2. The lowest BCUT2D eigenvalue weighted by atomic mass is 10.2. The van der Waals surface area contributed by atoms with Crippen molar-refractivity contribution < 1.29 is 0 Å². The van der Waals surface area contributed by atoms with Gasteiger partial charge in [0.05, 0.1) is 6.07 Å². The van der Waals surface area contributed by atoms with Gasteiger partial charge in [0, 0.05) is 4.84 Å². The lowest BCUT2D eigenvalue weighted by Crippen LogP contribution is -1.82. The van der Waals surface area contributed by atoms with Gasteiger partial charge in [-0.3, -0.25) is 0 Å². The predicted molar refractivity (Wildman–Crippen MR) is 45.2 cm³/mol. The number of hydrogen-bond donors (Lipinski definition) is 0. The van der Waals surface area contributed by atoms with E-state index < -0.39 is 0 Å². The fraction of sp³-hybridized carbons (Fsp3) is 0. The van der Waals surface area contributed by atoms with E-state index in [1.165, 1.54) is 0 Å². The molecule has 0 aromatic heterocycles. The molecule has 0 N–H and O–H groups in total. The molecular formula is C8H4Cl2N-. The van der Waals surface area contributed by atoms with E-state index in [1.807, 2.05) is 6.07 Å². The summed E-state index contributed by atoms with van der Waals surface area (Å²) in [6.07, 6.45) is 0. The van der Waals surface area contributed by atoms with Crippen molar-refractivity contribution in [2.45, 2.75) is 0 Å². The number of nitrogens with zero attached hydrogens (tertiary/aromatic N) is 1. The quantitative estimate of drug-likeness (QED) is 0.617. The molecule has 0 saturated heterocycles. The molecule has 0 unspecified atom stereocenters. The lowest BCUT2D eigenvalue weighted by molar-refractivity contribution is 1.46. The molecule has 3 heteroatoms. The van der Waals surface area contributed by atoms with E-state index in [-0.39, 0.29) is 4.84 Å². The summed E-state index contributed by atoms with van der Waals surface area (Å²) in [6.45, 7) is 0. The Balaban J connectivity index is 3.03. The second kappa shape index (κ2) is 3.52. The summed E-state index contributed by atoms with van der Waals surface area (Å²) in [6, 6.07) is 8.80. The van der Waals surface area contributed by atoms with Crippen LogP contribution in [0.3, 0.4) is 0 Å². The molecule has 11 heavy (non-hydrogen) atoms. The van der Waals surface area contributed by atoms with Crippen LogP contribution >= 0.6 is 23.2 Å². The van der Waals surface area contributed by atoms with Gasteiger partial charge in [-0.2, -0.15) is 40.1 Å². The number of nitriles is 1. The zero-order valence-corrected chi connectivity index (χ0v) is 7.02. The highest BCUT2D eigenvalue weighted by Gasteiger charge is 1.92. The van der Waals surface area contributed by atoms with E-state index in [1.54, 1.807) is 24.3 Å². The maximum Gasteiger partial charge on any atom is 0.0856 e. The Hall–Kier alpha value is -0.840. The highest BCUT2D eigenvalue weighted by atomic mass is 35.5. The third kappa shape index (κ3) is 2.04. The molecule has 0 spiro atoms. The average Bonchev–Trinajstić information content (AvgIpc) is 2.05. The largest absolute Gasteiger partial charge is 0.194 e. The van der Waals surface area contributed by atoms with Gasteiger partial charge >= 0.3 is 0 Å². The first-order valence-electron chi connectivity index (χ1n) is 2.92. The van der Waals surface area contributed by atoms with Gasteiger partial charge in [0.2, 0.25) is 0 Å². The molecule has 0 amide bonds. The Morgan fingerprint density at radius 2 is 2.09 bits per heavy atom. The van der Waals surface area contributed by atoms with Gasteiger partial charge in [0.25, 0.3) is 0 Å². The van der Waals surface area contributed by atoms with Crippen LogP contribution in [0.2, 0.25) is 0 Å². The van der Waals surface area contributed by atoms with E-state index in [2.05, 4.69) is 0 Å². The minimum atomic E-state index is 0.183. The molecule has 0 aliphatic carbocycles. The Morgan fingerprint density at radius 3 is 2.64 bits per heavy atom. The fourth-order valence-electron chi connectivity index (χ4n) is 0.706. The topological polar surface area (TPSA) is 23.8 Å². The molecule has 0 aliphatic heterocycles. The monoisotopic (exact) mass is 184 g/mol. The highest BCUT2D eigenvalue weighted by Crippen LogP contribution is 2.23. The fourth-order valence-corrected chi connectivity index (χ4v) is 0.941. The summed E-state index contributed by atoms with van der Waals surface area (Å²) < 4.78 is 0. The Morgan fingerprint density at radius 1 is 1.36 bits per heavy atom. The Bertz CT molecular complexity index is 288. The number of hydrogen-bond acceptors (Lipinski definition) is 1. The minimum absolute atomic E-state index is 0.183. The third-order valence-electron chi connectivity index (χ3n) is 1.21. The molecule has 1 aromatic rings. The van der Waals surface area contributed by atoms with Crippen LogP contribution in [0.15, 0.2) is 24.3 Å². The van der Waals surface area contributed by atoms with Crippen molar-refractivity contribution in [2.24, 2.45) is 0 Å². The van der Waals surface area contributed by atoms with Crippen molar-refractivity contribution in [3.63, 3.8) is 0 Å². The summed E-state index contributed by atoms with van der Waals surface area (Å²) in [5.74, 6) is 0. The number of rotatable bonds is 1. The second-order valence-corrected chi connectivity index (χ2v) is 2.90. The van der Waals surface area contributed by atoms with E-state index in [4.69, 9.17) is 28.5 Å². The molecule has 1 aromatic carbocycles. The molecule has 0 atom stereocenters. The van der Waals surface area contributed by atoms with Crippen molar-refractivity contribution in [1.29, 1.82) is 5.26 Å². The zero-order valence-electron chi connectivity index (χ0n) is 5.51. The molecule has 0 fully saturated rings. The van der Waals surface area contributed by atoms with Gasteiger partial charge in [-0.15, -0.1) is 12.1 Å². The minimum Gasteiger partial charge on any atom is -0.194 e. The van der Waals surface area contributed by atoms with Crippen LogP contribution in [0.5, 0.6) is 0 Å². The van der Waals surface area contributed by atoms with Crippen LogP contribution in [-0.2, 0) is 0 Å². The van der Waals surface area contributed by atoms with Crippen molar-refractivity contribution in [2.75, 3.05) is 0 Å². The first kappa shape index (κ1) is 8.26. The van der Waals surface area contributed by atoms with Crippen LogP contribution < -0.4 is 0 Å². The van der Waals surface area contributed by atoms with Gasteiger partial charge in [0.15, 0.2) is 0 Å². The third-order valence-corrected chi connectivity index (χ3v) is 1.65. The highest BCUT2D eigenvalue weighted by molar-refractivity contribution is 6.54. The van der Waals surface area contributed by atoms with Gasteiger partial charge in [-0.05, 0) is 5.56 Å². The summed E-state index contributed by atoms with van der Waals surface area (Å²) in [5.41, 5.74) is 1.23. The van der Waals surface area contributed by atoms with Crippen molar-refractivity contribution in [3.05, 3.63) is 40.2 Å². The van der Waals surface area contributed by atoms with Crippen molar-refractivity contribution in [1.82, 2.24) is 0 Å². The normalized spacial score (nSPS) is 8.82. The second-order valence-electron chi connectivity index (χ2n) is 1.95. The predicted octanol–water partition coefficient (Wildman–Crippen LogP) is 2.87. The Labute approximate surface area is 75.2 Å². The maximum atomic E-state index is 8.50. The van der Waals surface area contributed by atoms with Gasteiger partial charge in [0.1, 0.15) is 0 Å². The molecule has 1 rings (SSSR count). The SMILES string of the molecule is N#Cc1cccc([C-](Cl)Cl)c1. The Kier molecular flexibility index (Phi) is 2.64. The summed E-state index contributed by atoms with van der Waals surface area (Å²) >= 11 is 11.0. The van der Waals surface area contributed by atoms with Gasteiger partial charge in [-0.1, -0.05) is 6.07 Å². The molecule has 0 radical (unpaired) electrons. The molecule has 56 valence electrons. The summed E-state index contributed by atoms with van der Waals surface area (Å²) in [7, 11) is 0. The van der Waals surface area contributed by atoms with E-state index in [9.17, 15) is 0 Å². The van der Waals surface area contributed by atoms with E-state index in [0.29, 0.717) is 11.1 Å². The molecule has 0 bridgehead atoms. The van der Waals surface area contributed by atoms with E-state index in [0.717, 1.165) is 0 Å². The van der Waals surface area contributed by atoms with E-state index >= 15 is 0 Å². The lowest BCUT2D eigenvalue weighted by Gasteiger charge is -2.09. The van der Waals surface area contributed by atoms with Crippen LogP contribution in [-0.4, -0.2) is 0 Å². The molecule has 0 aliphatic rings. The zero-order chi connectivity index (χ0) is 8.27.